The summed E-state index contributed by atoms with van der Waals surface area (Å²) >= 11 is 1.46. The number of aryl methyl sites for hydroxylation is 3. The average Bonchev–Trinajstić information content (AvgIpc) is 3.33. The van der Waals surface area contributed by atoms with Crippen molar-refractivity contribution in [1.29, 1.82) is 5.41 Å². The van der Waals surface area contributed by atoms with E-state index < -0.39 is 0 Å². The fraction of sp³-hybridized carbons (Fsp3) is 0.385. The van der Waals surface area contributed by atoms with E-state index in [1.165, 1.54) is 42.2 Å². The van der Waals surface area contributed by atoms with Gasteiger partial charge in [-0.25, -0.2) is 0 Å². The Hall–Kier alpha value is -2.93. The third-order valence-corrected chi connectivity index (χ3v) is 7.86. The smallest absolute Gasteiger partial charge is 0.283 e. The average molecular weight is 460 g/mol. The van der Waals surface area contributed by atoms with Gasteiger partial charge in [-0.2, -0.15) is 15.1 Å². The number of thioether (sulfide) groups is 1. The minimum Gasteiger partial charge on any atom is -0.318 e. The topological polar surface area (TPSA) is 73.8 Å². The number of carbonyl (C=O) groups excluding carboxylic acids is 1. The van der Waals surface area contributed by atoms with Gasteiger partial charge in [-0.1, -0.05) is 37.0 Å². The van der Waals surface area contributed by atoms with Gasteiger partial charge in [0.25, 0.3) is 5.91 Å². The minimum atomic E-state index is -0.366. The highest BCUT2D eigenvalue weighted by molar-refractivity contribution is 8.27. The molecule has 0 radical (unpaired) electrons. The van der Waals surface area contributed by atoms with Gasteiger partial charge < -0.3 is 4.57 Å². The number of aromatic nitrogens is 1. The summed E-state index contributed by atoms with van der Waals surface area (Å²) in [6.07, 6.45) is 7.76. The Morgan fingerprint density at radius 1 is 1.09 bits per heavy atom. The maximum absolute atomic E-state index is 12.9. The summed E-state index contributed by atoms with van der Waals surface area (Å²) < 4.78 is 2.21. The number of hydrogen-bond donors (Lipinski definition) is 1. The van der Waals surface area contributed by atoms with Crippen LogP contribution in [-0.4, -0.2) is 31.5 Å². The van der Waals surface area contributed by atoms with Crippen LogP contribution in [0.4, 0.5) is 0 Å². The molecule has 0 bridgehead atoms. The fourth-order valence-electron chi connectivity index (χ4n) is 5.04. The van der Waals surface area contributed by atoms with Crippen molar-refractivity contribution in [2.45, 2.75) is 59.8 Å². The zero-order valence-electron chi connectivity index (χ0n) is 19.6. The number of nitrogens with one attached hydrogen (secondary N) is 1. The zero-order valence-corrected chi connectivity index (χ0v) is 20.4. The lowest BCUT2D eigenvalue weighted by Crippen LogP contribution is -2.35. The first-order valence-corrected chi connectivity index (χ1v) is 12.4. The van der Waals surface area contributed by atoms with Gasteiger partial charge in [0.05, 0.1) is 5.57 Å². The van der Waals surface area contributed by atoms with Crippen molar-refractivity contribution < 1.29 is 4.79 Å². The lowest BCUT2D eigenvalue weighted by molar-refractivity contribution is -0.114. The Balaban J connectivity index is 1.49. The number of hydrogen-bond acceptors (Lipinski definition) is 4. The first-order chi connectivity index (χ1) is 15.8. The molecule has 1 amide bonds. The Bertz CT molecular complexity index is 1260. The van der Waals surface area contributed by atoms with Crippen LogP contribution in [0.25, 0.3) is 11.8 Å². The summed E-state index contributed by atoms with van der Waals surface area (Å²) in [5.41, 5.74) is 6.88. The summed E-state index contributed by atoms with van der Waals surface area (Å²) in [4.78, 5) is 17.2. The van der Waals surface area contributed by atoms with Gasteiger partial charge in [-0.3, -0.25) is 10.2 Å². The van der Waals surface area contributed by atoms with Gasteiger partial charge in [0.15, 0.2) is 5.84 Å². The number of nitrogens with zero attached hydrogens (tertiary/aromatic N) is 4. The molecule has 1 saturated carbocycles. The summed E-state index contributed by atoms with van der Waals surface area (Å²) in [5.74, 6) is 0.166. The fourth-order valence-corrected chi connectivity index (χ4v) is 6.10. The Morgan fingerprint density at radius 3 is 2.58 bits per heavy atom. The summed E-state index contributed by atoms with van der Waals surface area (Å²) in [6, 6.07) is 8.49. The molecule has 2 aromatic rings. The number of amidine groups is 2. The van der Waals surface area contributed by atoms with Gasteiger partial charge in [-0.05, 0) is 81.6 Å². The maximum atomic E-state index is 12.9. The first kappa shape index (κ1) is 21.9. The lowest BCUT2D eigenvalue weighted by atomic mass is 9.90. The maximum Gasteiger partial charge on any atom is 0.283 e. The lowest BCUT2D eigenvalue weighted by Gasteiger charge is -2.20. The Kier molecular flexibility index (Phi) is 5.60. The molecule has 7 heteroatoms. The van der Waals surface area contributed by atoms with Crippen LogP contribution in [0, 0.1) is 39.0 Å². The van der Waals surface area contributed by atoms with Crippen molar-refractivity contribution in [3.8, 4) is 5.69 Å². The van der Waals surface area contributed by atoms with Crippen LogP contribution >= 0.6 is 11.8 Å². The second kappa shape index (κ2) is 8.45. The molecule has 3 aliphatic rings. The third kappa shape index (κ3) is 3.88. The highest BCUT2D eigenvalue weighted by Gasteiger charge is 2.38. The molecule has 5 rings (SSSR count). The van der Waals surface area contributed by atoms with Gasteiger partial charge in [0, 0.05) is 23.0 Å². The van der Waals surface area contributed by atoms with E-state index in [-0.39, 0.29) is 17.3 Å². The first-order valence-electron chi connectivity index (χ1n) is 11.6. The van der Waals surface area contributed by atoms with Crippen LogP contribution < -0.4 is 0 Å². The molecule has 170 valence electrons. The molecule has 0 spiro atoms. The highest BCUT2D eigenvalue weighted by Crippen LogP contribution is 2.36. The number of rotatable bonds is 3. The van der Waals surface area contributed by atoms with Crippen molar-refractivity contribution in [2.24, 2.45) is 16.0 Å². The SMILES string of the molecule is Cc1ccc(-n2c(C)cc(/C=C3\C(=N)N4N=C(C5CCCCC5)SC4=NC3=O)c2C)c(C)c1. The van der Waals surface area contributed by atoms with Gasteiger partial charge in [0.2, 0.25) is 5.17 Å². The van der Waals surface area contributed by atoms with Gasteiger partial charge >= 0.3 is 0 Å². The number of fused-ring (bicyclic) bond motifs is 1. The number of amides is 1. The van der Waals surface area contributed by atoms with E-state index in [0.717, 1.165) is 40.5 Å². The highest BCUT2D eigenvalue weighted by atomic mass is 32.2. The van der Waals surface area contributed by atoms with Gasteiger partial charge in [-0.15, -0.1) is 0 Å². The molecule has 1 fully saturated rings. The van der Waals surface area contributed by atoms with Crippen molar-refractivity contribution in [3.63, 3.8) is 0 Å². The van der Waals surface area contributed by atoms with Crippen LogP contribution in [0.5, 0.6) is 0 Å². The van der Waals surface area contributed by atoms with E-state index in [0.29, 0.717) is 11.1 Å². The molecular formula is C26H29N5OS. The quantitative estimate of drug-likeness (QED) is 0.580. The molecule has 1 aromatic heterocycles. The van der Waals surface area contributed by atoms with Crippen LogP contribution in [0.1, 0.15) is 60.2 Å². The number of carbonyl (C=O) groups is 1. The van der Waals surface area contributed by atoms with E-state index in [1.54, 1.807) is 11.1 Å². The second-order valence-corrected chi connectivity index (χ2v) is 10.2. The standard InChI is InChI=1S/C26H29N5OS/c1-15-10-11-22(16(2)12-15)30-17(3)13-20(18(30)4)14-21-23(27)31-26(28-24(21)32)33-25(29-31)19-8-6-5-7-9-19/h10-14,19,27H,5-9H2,1-4H3/b21-14+,27-23?. The summed E-state index contributed by atoms with van der Waals surface area (Å²) in [6.45, 7) is 8.32. The Morgan fingerprint density at radius 2 is 1.85 bits per heavy atom. The molecule has 1 aromatic carbocycles. The van der Waals surface area contributed by atoms with Crippen LogP contribution in [-0.2, 0) is 4.79 Å². The normalized spacial score (nSPS) is 20.4. The molecule has 0 atom stereocenters. The predicted molar refractivity (Wildman–Crippen MR) is 136 cm³/mol. The van der Waals surface area contributed by atoms with Crippen molar-refractivity contribution in [1.82, 2.24) is 9.58 Å². The van der Waals surface area contributed by atoms with Crippen LogP contribution in [0.2, 0.25) is 0 Å². The van der Waals surface area contributed by atoms with Crippen LogP contribution in [0.3, 0.4) is 0 Å². The monoisotopic (exact) mass is 459 g/mol. The zero-order chi connectivity index (χ0) is 23.3. The molecule has 2 aliphatic heterocycles. The molecule has 6 nitrogen and oxygen atoms in total. The molecule has 3 heterocycles. The molecular weight excluding hydrogens is 430 g/mol. The van der Waals surface area contributed by atoms with Gasteiger partial charge in [0.1, 0.15) is 5.04 Å². The molecule has 1 N–H and O–H groups in total. The Labute approximate surface area is 199 Å². The summed E-state index contributed by atoms with van der Waals surface area (Å²) in [5, 5.41) is 16.5. The largest absolute Gasteiger partial charge is 0.318 e. The number of aliphatic imine (C=N–C) groups is 1. The second-order valence-electron chi connectivity index (χ2n) is 9.25. The van der Waals surface area contributed by atoms with E-state index >= 15 is 0 Å². The van der Waals surface area contributed by atoms with E-state index in [4.69, 9.17) is 10.5 Å². The molecule has 0 saturated heterocycles. The molecule has 33 heavy (non-hydrogen) atoms. The predicted octanol–water partition coefficient (Wildman–Crippen LogP) is 5.91. The van der Waals surface area contributed by atoms with Crippen molar-refractivity contribution in [3.05, 3.63) is 57.9 Å². The van der Waals surface area contributed by atoms with E-state index in [1.807, 2.05) is 0 Å². The molecule has 1 aliphatic carbocycles. The number of hydrazone groups is 1. The number of benzene rings is 1. The molecule has 0 unspecified atom stereocenters. The van der Waals surface area contributed by atoms with E-state index in [2.05, 4.69) is 61.5 Å². The van der Waals surface area contributed by atoms with Crippen molar-refractivity contribution >= 4 is 39.8 Å². The van der Waals surface area contributed by atoms with Crippen LogP contribution in [0.15, 0.2) is 39.9 Å². The third-order valence-electron chi connectivity index (χ3n) is 6.79. The minimum absolute atomic E-state index is 0.111. The van der Waals surface area contributed by atoms with Crippen molar-refractivity contribution in [2.75, 3.05) is 0 Å². The summed E-state index contributed by atoms with van der Waals surface area (Å²) in [7, 11) is 0. The van der Waals surface area contributed by atoms with E-state index in [9.17, 15) is 4.79 Å².